The molecule has 1 saturated heterocycles. The lowest BCUT2D eigenvalue weighted by atomic mass is 10.0. The monoisotopic (exact) mass is 226 g/mol. The van der Waals surface area contributed by atoms with Crippen LogP contribution in [0.5, 0.6) is 0 Å². The second-order valence-corrected chi connectivity index (χ2v) is 4.52. The van der Waals surface area contributed by atoms with E-state index >= 15 is 0 Å². The van der Waals surface area contributed by atoms with Crippen LogP contribution in [0.4, 0.5) is 0 Å². The Balaban J connectivity index is 2.68. The van der Waals surface area contributed by atoms with Gasteiger partial charge in [0.15, 0.2) is 0 Å². The Kier molecular flexibility index (Phi) is 4.96. The van der Waals surface area contributed by atoms with Crippen LogP contribution in [0.1, 0.15) is 19.8 Å². The van der Waals surface area contributed by atoms with E-state index in [1.54, 1.807) is 4.90 Å². The van der Waals surface area contributed by atoms with Gasteiger partial charge in [-0.05, 0) is 46.0 Å². The Morgan fingerprint density at radius 3 is 2.62 bits per heavy atom. The third kappa shape index (κ3) is 3.06. The number of amides is 1. The Hall–Kier alpha value is -0.870. The topological polar surface area (TPSA) is 43.8 Å². The highest BCUT2D eigenvalue weighted by molar-refractivity contribution is 5.87. The third-order valence-corrected chi connectivity index (χ3v) is 3.25. The largest absolute Gasteiger partial charge is 0.394 e. The predicted octanol–water partition coefficient (Wildman–Crippen LogP) is 0.476. The van der Waals surface area contributed by atoms with E-state index in [2.05, 4.69) is 18.5 Å². The number of nitrogens with zero attached hydrogens (tertiary/aromatic N) is 2. The van der Waals surface area contributed by atoms with E-state index in [9.17, 15) is 9.90 Å². The van der Waals surface area contributed by atoms with E-state index in [0.29, 0.717) is 0 Å². The highest BCUT2D eigenvalue weighted by Crippen LogP contribution is 2.18. The maximum atomic E-state index is 11.8. The fourth-order valence-corrected chi connectivity index (χ4v) is 2.22. The van der Waals surface area contributed by atoms with Gasteiger partial charge in [0.2, 0.25) is 5.91 Å². The van der Waals surface area contributed by atoms with Crippen molar-refractivity contribution < 1.29 is 9.90 Å². The van der Waals surface area contributed by atoms with Crippen LogP contribution in [-0.4, -0.2) is 59.6 Å². The summed E-state index contributed by atoms with van der Waals surface area (Å²) in [4.78, 5) is 15.8. The van der Waals surface area contributed by atoms with E-state index in [0.717, 1.165) is 25.9 Å². The quantitative estimate of drug-likeness (QED) is 0.709. The average Bonchev–Trinajstić information content (AvgIpc) is 2.31. The molecule has 0 saturated carbocycles. The SMILES string of the molecule is C=CC(=O)N(C(C)CO)C1CCN(C)CC1. The molecule has 1 fully saturated rings. The first-order valence-electron chi connectivity index (χ1n) is 5.84. The molecule has 1 rings (SSSR count). The fourth-order valence-electron chi connectivity index (χ4n) is 2.22. The lowest BCUT2D eigenvalue weighted by molar-refractivity contribution is -0.132. The Labute approximate surface area is 97.5 Å². The zero-order valence-corrected chi connectivity index (χ0v) is 10.2. The molecule has 0 aromatic carbocycles. The molecule has 4 nitrogen and oxygen atoms in total. The van der Waals surface area contributed by atoms with E-state index in [1.165, 1.54) is 6.08 Å². The first-order valence-corrected chi connectivity index (χ1v) is 5.84. The molecule has 1 atom stereocenters. The highest BCUT2D eigenvalue weighted by Gasteiger charge is 2.28. The highest BCUT2D eigenvalue weighted by atomic mass is 16.3. The van der Waals surface area contributed by atoms with Crippen LogP contribution < -0.4 is 0 Å². The summed E-state index contributed by atoms with van der Waals surface area (Å²) >= 11 is 0. The molecule has 1 unspecified atom stereocenters. The van der Waals surface area contributed by atoms with Crippen LogP contribution in [0.3, 0.4) is 0 Å². The summed E-state index contributed by atoms with van der Waals surface area (Å²) in [6.07, 6.45) is 3.28. The van der Waals surface area contributed by atoms with Gasteiger partial charge in [-0.3, -0.25) is 4.79 Å². The van der Waals surface area contributed by atoms with Crippen molar-refractivity contribution in [1.82, 2.24) is 9.80 Å². The van der Waals surface area contributed by atoms with Crippen molar-refractivity contribution in [3.63, 3.8) is 0 Å². The second-order valence-electron chi connectivity index (χ2n) is 4.52. The van der Waals surface area contributed by atoms with Gasteiger partial charge in [-0.15, -0.1) is 0 Å². The summed E-state index contributed by atoms with van der Waals surface area (Å²) in [5.41, 5.74) is 0. The zero-order chi connectivity index (χ0) is 12.1. The van der Waals surface area contributed by atoms with Crippen molar-refractivity contribution in [3.8, 4) is 0 Å². The van der Waals surface area contributed by atoms with Crippen LogP contribution in [0.2, 0.25) is 0 Å². The number of piperidine rings is 1. The van der Waals surface area contributed by atoms with Crippen LogP contribution in [-0.2, 0) is 4.79 Å². The number of aliphatic hydroxyl groups is 1. The summed E-state index contributed by atoms with van der Waals surface area (Å²) in [5.74, 6) is -0.0731. The van der Waals surface area contributed by atoms with Gasteiger partial charge in [-0.1, -0.05) is 6.58 Å². The van der Waals surface area contributed by atoms with E-state index in [1.807, 2.05) is 6.92 Å². The van der Waals surface area contributed by atoms with Crippen LogP contribution >= 0.6 is 0 Å². The smallest absolute Gasteiger partial charge is 0.246 e. The number of likely N-dealkylation sites (tertiary alicyclic amines) is 1. The number of carbonyl (C=O) groups is 1. The van der Waals surface area contributed by atoms with Crippen molar-refractivity contribution in [2.24, 2.45) is 0 Å². The fraction of sp³-hybridized carbons (Fsp3) is 0.750. The van der Waals surface area contributed by atoms with Gasteiger partial charge in [0.05, 0.1) is 12.6 Å². The molecule has 1 heterocycles. The Morgan fingerprint density at radius 2 is 2.19 bits per heavy atom. The number of carbonyl (C=O) groups excluding carboxylic acids is 1. The van der Waals surface area contributed by atoms with Crippen molar-refractivity contribution in [2.75, 3.05) is 26.7 Å². The molecule has 1 N–H and O–H groups in total. The normalized spacial score (nSPS) is 20.4. The number of aliphatic hydroxyl groups excluding tert-OH is 1. The molecule has 16 heavy (non-hydrogen) atoms. The number of hydrogen-bond acceptors (Lipinski definition) is 3. The molecule has 1 aliphatic heterocycles. The van der Waals surface area contributed by atoms with E-state index < -0.39 is 0 Å². The Bertz CT molecular complexity index is 247. The first kappa shape index (κ1) is 13.2. The minimum absolute atomic E-state index is 0.00587. The van der Waals surface area contributed by atoms with Gasteiger partial charge in [0, 0.05) is 6.04 Å². The first-order chi connectivity index (χ1) is 7.60. The zero-order valence-electron chi connectivity index (χ0n) is 10.2. The molecule has 92 valence electrons. The molecule has 0 aromatic heterocycles. The predicted molar refractivity (Wildman–Crippen MR) is 64.1 cm³/mol. The summed E-state index contributed by atoms with van der Waals surface area (Å²) in [6.45, 7) is 7.41. The summed E-state index contributed by atoms with van der Waals surface area (Å²) < 4.78 is 0. The maximum Gasteiger partial charge on any atom is 0.246 e. The van der Waals surface area contributed by atoms with Gasteiger partial charge in [-0.2, -0.15) is 0 Å². The molecule has 0 aliphatic carbocycles. The Morgan fingerprint density at radius 1 is 1.62 bits per heavy atom. The van der Waals surface area contributed by atoms with Gasteiger partial charge in [0.1, 0.15) is 0 Å². The van der Waals surface area contributed by atoms with Crippen LogP contribution in [0.15, 0.2) is 12.7 Å². The average molecular weight is 226 g/mol. The standard InChI is InChI=1S/C12H22N2O2/c1-4-12(16)14(10(2)9-15)11-5-7-13(3)8-6-11/h4,10-11,15H,1,5-9H2,2-3H3. The molecule has 0 aromatic rings. The lowest BCUT2D eigenvalue weighted by Gasteiger charge is -2.39. The van der Waals surface area contributed by atoms with Crippen molar-refractivity contribution in [3.05, 3.63) is 12.7 Å². The maximum absolute atomic E-state index is 11.8. The van der Waals surface area contributed by atoms with Crippen LogP contribution in [0.25, 0.3) is 0 Å². The van der Waals surface area contributed by atoms with Crippen molar-refractivity contribution in [1.29, 1.82) is 0 Å². The minimum Gasteiger partial charge on any atom is -0.394 e. The molecule has 0 spiro atoms. The molecule has 0 bridgehead atoms. The molecule has 0 radical (unpaired) electrons. The van der Waals surface area contributed by atoms with Crippen molar-refractivity contribution in [2.45, 2.75) is 31.8 Å². The summed E-state index contributed by atoms with van der Waals surface area (Å²) in [7, 11) is 2.09. The molecular formula is C12H22N2O2. The summed E-state index contributed by atoms with van der Waals surface area (Å²) in [6, 6.07) is 0.114. The molecule has 4 heteroatoms. The third-order valence-electron chi connectivity index (χ3n) is 3.25. The van der Waals surface area contributed by atoms with Crippen LogP contribution in [0, 0.1) is 0 Å². The van der Waals surface area contributed by atoms with Gasteiger partial charge < -0.3 is 14.9 Å². The molecule has 1 amide bonds. The van der Waals surface area contributed by atoms with E-state index in [-0.39, 0.29) is 24.6 Å². The number of rotatable bonds is 4. The van der Waals surface area contributed by atoms with Gasteiger partial charge in [0.25, 0.3) is 0 Å². The lowest BCUT2D eigenvalue weighted by Crippen LogP contribution is -2.51. The van der Waals surface area contributed by atoms with Gasteiger partial charge >= 0.3 is 0 Å². The second kappa shape index (κ2) is 6.01. The minimum atomic E-state index is -0.126. The number of hydrogen-bond donors (Lipinski definition) is 1. The molecular weight excluding hydrogens is 204 g/mol. The molecule has 1 aliphatic rings. The summed E-state index contributed by atoms with van der Waals surface area (Å²) in [5, 5.41) is 9.19. The van der Waals surface area contributed by atoms with E-state index in [4.69, 9.17) is 0 Å². The van der Waals surface area contributed by atoms with Crippen molar-refractivity contribution >= 4 is 5.91 Å². The van der Waals surface area contributed by atoms with Gasteiger partial charge in [-0.25, -0.2) is 0 Å².